The van der Waals surface area contributed by atoms with Crippen LogP contribution >= 0.6 is 0 Å². The van der Waals surface area contributed by atoms with Crippen LogP contribution in [0.5, 0.6) is 0 Å². The summed E-state index contributed by atoms with van der Waals surface area (Å²) in [6, 6.07) is 37.7. The fourth-order valence-electron chi connectivity index (χ4n) is 4.95. The van der Waals surface area contributed by atoms with Gasteiger partial charge in [-0.25, -0.2) is 4.79 Å². The molecule has 0 bridgehead atoms. The second kappa shape index (κ2) is 15.9. The first kappa shape index (κ1) is 31.1. The van der Waals surface area contributed by atoms with Gasteiger partial charge in [0.15, 0.2) is 6.10 Å². The Balaban J connectivity index is 1.45. The molecule has 5 atom stereocenters. The van der Waals surface area contributed by atoms with Crippen molar-refractivity contribution in [1.82, 2.24) is 0 Å². The highest BCUT2D eigenvalue weighted by atomic mass is 16.7. The molecule has 1 saturated heterocycles. The van der Waals surface area contributed by atoms with Gasteiger partial charge in [-0.3, -0.25) is 4.79 Å². The lowest BCUT2D eigenvalue weighted by Crippen LogP contribution is -2.62. The van der Waals surface area contributed by atoms with Gasteiger partial charge in [-0.1, -0.05) is 109 Å². The van der Waals surface area contributed by atoms with Crippen molar-refractivity contribution in [2.45, 2.75) is 57.5 Å². The summed E-state index contributed by atoms with van der Waals surface area (Å²) >= 11 is 0. The molecule has 1 heterocycles. The molecule has 0 unspecified atom stereocenters. The van der Waals surface area contributed by atoms with Crippen molar-refractivity contribution in [2.24, 2.45) is 0 Å². The minimum atomic E-state index is -1.26. The van der Waals surface area contributed by atoms with Crippen molar-refractivity contribution in [1.29, 1.82) is 0 Å². The molecule has 8 nitrogen and oxygen atoms in total. The second-order valence-electron chi connectivity index (χ2n) is 10.4. The van der Waals surface area contributed by atoms with Crippen LogP contribution in [0.2, 0.25) is 0 Å². The first-order chi connectivity index (χ1) is 21.6. The van der Waals surface area contributed by atoms with Crippen LogP contribution < -0.4 is 0 Å². The maximum atomic E-state index is 13.3. The first-order valence-electron chi connectivity index (χ1n) is 14.6. The topological polar surface area (TPSA) is 89.5 Å². The van der Waals surface area contributed by atoms with E-state index in [0.29, 0.717) is 12.2 Å². The number of rotatable bonds is 13. The van der Waals surface area contributed by atoms with Gasteiger partial charge in [0.25, 0.3) is 0 Å². The molecule has 0 amide bonds. The zero-order chi connectivity index (χ0) is 30.6. The molecule has 1 aliphatic heterocycles. The standard InChI is InChI=1S/C36H36O8/c1-26(37)42-36-34(44-35(38)30-20-12-5-13-21-30)33(41-24-29-18-10-4-11-19-29)32(40-23-28-16-8-3-9-17-28)31(43-36)25-39-22-27-14-6-2-7-15-27/h2-21,31-34,36H,22-25H2,1H3/t31-,32+,33+,34-,36+/m1/s1. The molecular weight excluding hydrogens is 560 g/mol. The summed E-state index contributed by atoms with van der Waals surface area (Å²) in [5.74, 6) is -1.20. The molecule has 0 aromatic heterocycles. The number of benzene rings is 4. The first-order valence-corrected chi connectivity index (χ1v) is 14.6. The fourth-order valence-corrected chi connectivity index (χ4v) is 4.95. The molecule has 228 valence electrons. The van der Waals surface area contributed by atoms with Crippen molar-refractivity contribution in [3.8, 4) is 0 Å². The molecule has 0 spiro atoms. The highest BCUT2D eigenvalue weighted by Crippen LogP contribution is 2.31. The Morgan fingerprint density at radius 1 is 0.591 bits per heavy atom. The molecule has 1 aliphatic rings. The SMILES string of the molecule is CC(=O)O[C@H]1O[C@H](COCc2ccccc2)[C@H](OCc2ccccc2)[C@H](OCc2ccccc2)[C@H]1OC(=O)c1ccccc1. The maximum absolute atomic E-state index is 13.3. The number of esters is 2. The third-order valence-electron chi connectivity index (χ3n) is 7.09. The Hall–Kier alpha value is -4.34. The Morgan fingerprint density at radius 2 is 1.07 bits per heavy atom. The summed E-state index contributed by atoms with van der Waals surface area (Å²) in [5, 5.41) is 0. The van der Waals surface area contributed by atoms with Gasteiger partial charge >= 0.3 is 11.9 Å². The second-order valence-corrected chi connectivity index (χ2v) is 10.4. The molecule has 4 aromatic rings. The molecular formula is C36H36O8. The Kier molecular flexibility index (Phi) is 11.3. The third kappa shape index (κ3) is 8.84. The number of carbonyl (C=O) groups excluding carboxylic acids is 2. The predicted molar refractivity (Wildman–Crippen MR) is 162 cm³/mol. The zero-order valence-corrected chi connectivity index (χ0v) is 24.5. The van der Waals surface area contributed by atoms with Crippen LogP contribution in [0.1, 0.15) is 34.0 Å². The Morgan fingerprint density at radius 3 is 1.59 bits per heavy atom. The monoisotopic (exact) mass is 596 g/mol. The van der Waals surface area contributed by atoms with Crippen molar-refractivity contribution in [2.75, 3.05) is 6.61 Å². The molecule has 4 aromatic carbocycles. The summed E-state index contributed by atoms with van der Waals surface area (Å²) in [6.07, 6.45) is -4.76. The lowest BCUT2D eigenvalue weighted by molar-refractivity contribution is -0.309. The van der Waals surface area contributed by atoms with E-state index < -0.39 is 42.6 Å². The molecule has 5 rings (SSSR count). The summed E-state index contributed by atoms with van der Waals surface area (Å²) in [4.78, 5) is 25.6. The van der Waals surface area contributed by atoms with Crippen molar-refractivity contribution >= 4 is 11.9 Å². The van der Waals surface area contributed by atoms with Gasteiger partial charge in [-0.15, -0.1) is 0 Å². The molecule has 8 heteroatoms. The maximum Gasteiger partial charge on any atom is 0.338 e. The van der Waals surface area contributed by atoms with Gasteiger partial charge in [-0.05, 0) is 28.8 Å². The van der Waals surface area contributed by atoms with E-state index in [9.17, 15) is 9.59 Å². The van der Waals surface area contributed by atoms with Crippen LogP contribution in [0, 0.1) is 0 Å². The van der Waals surface area contributed by atoms with Crippen LogP contribution in [0.15, 0.2) is 121 Å². The molecule has 0 aliphatic carbocycles. The number of ether oxygens (including phenoxy) is 6. The summed E-state index contributed by atoms with van der Waals surface area (Å²) in [5.41, 5.74) is 3.19. The largest absolute Gasteiger partial charge is 0.449 e. The van der Waals surface area contributed by atoms with E-state index in [0.717, 1.165) is 16.7 Å². The minimum Gasteiger partial charge on any atom is -0.449 e. The fraction of sp³-hybridized carbons (Fsp3) is 0.278. The van der Waals surface area contributed by atoms with Crippen molar-refractivity contribution in [3.63, 3.8) is 0 Å². The van der Waals surface area contributed by atoms with Crippen LogP contribution in [0.4, 0.5) is 0 Å². The minimum absolute atomic E-state index is 0.108. The molecule has 44 heavy (non-hydrogen) atoms. The lowest BCUT2D eigenvalue weighted by Gasteiger charge is -2.45. The van der Waals surface area contributed by atoms with Crippen molar-refractivity contribution < 1.29 is 38.0 Å². The highest BCUT2D eigenvalue weighted by Gasteiger charge is 2.51. The smallest absolute Gasteiger partial charge is 0.338 e. The van der Waals surface area contributed by atoms with Crippen LogP contribution in [-0.2, 0) is 53.0 Å². The van der Waals surface area contributed by atoms with E-state index in [1.54, 1.807) is 30.3 Å². The van der Waals surface area contributed by atoms with Gasteiger partial charge in [0.1, 0.15) is 18.3 Å². The molecule has 0 radical (unpaired) electrons. The molecule has 0 saturated carbocycles. The van der Waals surface area contributed by atoms with E-state index in [4.69, 9.17) is 28.4 Å². The van der Waals surface area contributed by atoms with E-state index in [1.807, 2.05) is 91.0 Å². The Labute approximate surface area is 257 Å². The Bertz CT molecular complexity index is 1430. The van der Waals surface area contributed by atoms with Gasteiger partial charge in [-0.2, -0.15) is 0 Å². The predicted octanol–water partition coefficient (Wildman–Crippen LogP) is 5.89. The van der Waals surface area contributed by atoms with Crippen molar-refractivity contribution in [3.05, 3.63) is 144 Å². The van der Waals surface area contributed by atoms with Crippen LogP contribution in [0.25, 0.3) is 0 Å². The summed E-state index contributed by atoms with van der Waals surface area (Å²) in [7, 11) is 0. The van der Waals surface area contributed by atoms with Crippen LogP contribution in [0.3, 0.4) is 0 Å². The number of hydrogen-bond acceptors (Lipinski definition) is 8. The number of hydrogen-bond donors (Lipinski definition) is 0. The third-order valence-corrected chi connectivity index (χ3v) is 7.09. The lowest BCUT2D eigenvalue weighted by atomic mass is 9.97. The average Bonchev–Trinajstić information content (AvgIpc) is 3.06. The normalized spacial score (nSPS) is 21.3. The van der Waals surface area contributed by atoms with Gasteiger partial charge in [0.05, 0.1) is 32.0 Å². The quantitative estimate of drug-likeness (QED) is 0.177. The molecule has 0 N–H and O–H groups in total. The van der Waals surface area contributed by atoms with E-state index in [1.165, 1.54) is 6.92 Å². The highest BCUT2D eigenvalue weighted by molar-refractivity contribution is 5.89. The molecule has 1 fully saturated rings. The van der Waals surface area contributed by atoms with E-state index in [-0.39, 0.29) is 19.8 Å². The van der Waals surface area contributed by atoms with E-state index >= 15 is 0 Å². The average molecular weight is 597 g/mol. The number of carbonyl (C=O) groups is 2. The summed E-state index contributed by atoms with van der Waals surface area (Å²) in [6.45, 7) is 2.16. The zero-order valence-electron chi connectivity index (χ0n) is 24.5. The van der Waals surface area contributed by atoms with Gasteiger partial charge < -0.3 is 28.4 Å². The van der Waals surface area contributed by atoms with E-state index in [2.05, 4.69) is 0 Å². The summed E-state index contributed by atoms with van der Waals surface area (Å²) < 4.78 is 37.0. The van der Waals surface area contributed by atoms with Gasteiger partial charge in [0, 0.05) is 6.92 Å². The van der Waals surface area contributed by atoms with Crippen LogP contribution in [-0.4, -0.2) is 49.3 Å². The van der Waals surface area contributed by atoms with Gasteiger partial charge in [0.2, 0.25) is 6.29 Å².